The summed E-state index contributed by atoms with van der Waals surface area (Å²) in [5.41, 5.74) is 2.40. The van der Waals surface area contributed by atoms with E-state index in [1.165, 1.54) is 12.1 Å². The molecule has 1 unspecified atom stereocenters. The minimum absolute atomic E-state index is 0.299. The number of carbonyl (C=O) groups excluding carboxylic acids is 1. The van der Waals surface area contributed by atoms with E-state index >= 15 is 0 Å². The second-order valence-corrected chi connectivity index (χ2v) is 4.15. The molecule has 2 aliphatic heterocycles. The predicted molar refractivity (Wildman–Crippen MR) is 57.7 cm³/mol. The lowest BCUT2D eigenvalue weighted by atomic mass is 9.97. The SMILES string of the molecule is O=C1OCCC2=C1C(c1ccc(F)cc1)OC2. The molecular formula is C13H11FO3. The van der Waals surface area contributed by atoms with Crippen molar-refractivity contribution in [1.29, 1.82) is 0 Å². The van der Waals surface area contributed by atoms with Crippen LogP contribution < -0.4 is 0 Å². The molecule has 3 rings (SSSR count). The molecule has 0 saturated heterocycles. The van der Waals surface area contributed by atoms with Gasteiger partial charge in [0.1, 0.15) is 11.9 Å². The van der Waals surface area contributed by atoms with E-state index < -0.39 is 6.10 Å². The topological polar surface area (TPSA) is 35.5 Å². The van der Waals surface area contributed by atoms with E-state index in [1.54, 1.807) is 12.1 Å². The largest absolute Gasteiger partial charge is 0.462 e. The van der Waals surface area contributed by atoms with Gasteiger partial charge in [-0.15, -0.1) is 0 Å². The summed E-state index contributed by atoms with van der Waals surface area (Å²) in [6, 6.07) is 6.01. The number of carbonyl (C=O) groups is 1. The lowest BCUT2D eigenvalue weighted by Crippen LogP contribution is -2.18. The first-order chi connectivity index (χ1) is 8.25. The summed E-state index contributed by atoms with van der Waals surface area (Å²) < 4.78 is 23.5. The zero-order valence-corrected chi connectivity index (χ0v) is 9.11. The van der Waals surface area contributed by atoms with E-state index in [0.29, 0.717) is 18.8 Å². The Morgan fingerprint density at radius 3 is 2.76 bits per heavy atom. The van der Waals surface area contributed by atoms with Crippen LogP contribution >= 0.6 is 0 Å². The fourth-order valence-electron chi connectivity index (χ4n) is 2.23. The Kier molecular flexibility index (Phi) is 2.44. The van der Waals surface area contributed by atoms with E-state index in [0.717, 1.165) is 17.6 Å². The Morgan fingerprint density at radius 1 is 1.24 bits per heavy atom. The van der Waals surface area contributed by atoms with Crippen molar-refractivity contribution in [2.75, 3.05) is 13.2 Å². The summed E-state index contributed by atoms with van der Waals surface area (Å²) in [4.78, 5) is 11.7. The molecular weight excluding hydrogens is 223 g/mol. The van der Waals surface area contributed by atoms with Gasteiger partial charge in [-0.1, -0.05) is 12.1 Å². The highest BCUT2D eigenvalue weighted by molar-refractivity contribution is 5.92. The average Bonchev–Trinajstić information content (AvgIpc) is 2.75. The Bertz CT molecular complexity index is 490. The quantitative estimate of drug-likeness (QED) is 0.698. The number of rotatable bonds is 1. The molecule has 4 heteroatoms. The van der Waals surface area contributed by atoms with Crippen molar-refractivity contribution in [2.24, 2.45) is 0 Å². The first-order valence-corrected chi connectivity index (χ1v) is 5.52. The fraction of sp³-hybridized carbons (Fsp3) is 0.308. The van der Waals surface area contributed by atoms with E-state index in [9.17, 15) is 9.18 Å². The molecule has 2 heterocycles. The van der Waals surface area contributed by atoms with E-state index in [1.807, 2.05) is 0 Å². The first kappa shape index (κ1) is 10.5. The molecule has 1 aromatic carbocycles. The molecule has 0 aromatic heterocycles. The van der Waals surface area contributed by atoms with Gasteiger partial charge in [-0.3, -0.25) is 0 Å². The standard InChI is InChI=1S/C13H11FO3/c14-10-3-1-8(2-4-10)12-11-9(7-17-12)5-6-16-13(11)15/h1-4,12H,5-7H2. The summed E-state index contributed by atoms with van der Waals surface area (Å²) in [6.45, 7) is 0.893. The van der Waals surface area contributed by atoms with Crippen LogP contribution in [0.4, 0.5) is 4.39 Å². The van der Waals surface area contributed by atoms with Gasteiger partial charge in [0.15, 0.2) is 0 Å². The zero-order chi connectivity index (χ0) is 11.8. The van der Waals surface area contributed by atoms with Crippen molar-refractivity contribution in [3.05, 3.63) is 46.8 Å². The molecule has 0 aliphatic carbocycles. The van der Waals surface area contributed by atoms with Crippen LogP contribution in [0.5, 0.6) is 0 Å². The van der Waals surface area contributed by atoms with Crippen LogP contribution in [0.1, 0.15) is 18.1 Å². The van der Waals surface area contributed by atoms with Crippen molar-refractivity contribution in [2.45, 2.75) is 12.5 Å². The second-order valence-electron chi connectivity index (χ2n) is 4.15. The molecule has 2 aliphatic rings. The number of benzene rings is 1. The number of ether oxygens (including phenoxy) is 2. The van der Waals surface area contributed by atoms with Gasteiger partial charge >= 0.3 is 5.97 Å². The van der Waals surface area contributed by atoms with Gasteiger partial charge in [0.25, 0.3) is 0 Å². The Balaban J connectivity index is 1.97. The molecule has 0 radical (unpaired) electrons. The van der Waals surface area contributed by atoms with Gasteiger partial charge in [-0.2, -0.15) is 0 Å². The lowest BCUT2D eigenvalue weighted by Gasteiger charge is -2.17. The summed E-state index contributed by atoms with van der Waals surface area (Å²) in [7, 11) is 0. The van der Waals surface area contributed by atoms with Gasteiger partial charge in [0.2, 0.25) is 0 Å². The maximum Gasteiger partial charge on any atom is 0.337 e. The van der Waals surface area contributed by atoms with E-state index in [-0.39, 0.29) is 11.8 Å². The monoisotopic (exact) mass is 234 g/mol. The molecule has 1 aromatic rings. The third kappa shape index (κ3) is 1.74. The molecule has 0 bridgehead atoms. The molecule has 1 atom stereocenters. The van der Waals surface area contributed by atoms with Crippen LogP contribution in [0, 0.1) is 5.82 Å². The Hall–Kier alpha value is -1.68. The summed E-state index contributed by atoms with van der Waals surface area (Å²) >= 11 is 0. The van der Waals surface area contributed by atoms with Gasteiger partial charge in [0, 0.05) is 6.42 Å². The van der Waals surface area contributed by atoms with Gasteiger partial charge in [0.05, 0.1) is 18.8 Å². The molecule has 0 N–H and O–H groups in total. The normalized spacial score (nSPS) is 23.6. The average molecular weight is 234 g/mol. The molecule has 3 nitrogen and oxygen atoms in total. The molecule has 0 spiro atoms. The van der Waals surface area contributed by atoms with E-state index in [4.69, 9.17) is 9.47 Å². The zero-order valence-electron chi connectivity index (χ0n) is 9.11. The number of hydrogen-bond donors (Lipinski definition) is 0. The van der Waals surface area contributed by atoms with Crippen molar-refractivity contribution >= 4 is 5.97 Å². The minimum atomic E-state index is -0.404. The summed E-state index contributed by atoms with van der Waals surface area (Å²) in [5.74, 6) is -0.606. The maximum absolute atomic E-state index is 12.8. The number of esters is 1. The van der Waals surface area contributed by atoms with Crippen LogP contribution in [0.2, 0.25) is 0 Å². The van der Waals surface area contributed by atoms with Crippen LogP contribution in [0.15, 0.2) is 35.4 Å². The highest BCUT2D eigenvalue weighted by Gasteiger charge is 2.35. The van der Waals surface area contributed by atoms with Crippen LogP contribution in [0.25, 0.3) is 0 Å². The van der Waals surface area contributed by atoms with Gasteiger partial charge in [-0.05, 0) is 23.3 Å². The predicted octanol–water partition coefficient (Wildman–Crippen LogP) is 2.14. The fourth-order valence-corrected chi connectivity index (χ4v) is 2.23. The molecule has 0 fully saturated rings. The van der Waals surface area contributed by atoms with Crippen LogP contribution in [0.3, 0.4) is 0 Å². The highest BCUT2D eigenvalue weighted by Crippen LogP contribution is 2.38. The van der Waals surface area contributed by atoms with Crippen LogP contribution in [-0.2, 0) is 14.3 Å². The summed E-state index contributed by atoms with van der Waals surface area (Å²) in [5, 5.41) is 0. The lowest BCUT2D eigenvalue weighted by molar-refractivity contribution is -0.140. The van der Waals surface area contributed by atoms with Gasteiger partial charge in [-0.25, -0.2) is 9.18 Å². The first-order valence-electron chi connectivity index (χ1n) is 5.52. The van der Waals surface area contributed by atoms with Crippen molar-refractivity contribution in [3.8, 4) is 0 Å². The number of hydrogen-bond acceptors (Lipinski definition) is 3. The van der Waals surface area contributed by atoms with E-state index in [2.05, 4.69) is 0 Å². The third-order valence-corrected chi connectivity index (χ3v) is 3.10. The molecule has 0 saturated carbocycles. The second kappa shape index (κ2) is 3.96. The molecule has 17 heavy (non-hydrogen) atoms. The summed E-state index contributed by atoms with van der Waals surface area (Å²) in [6.07, 6.45) is 0.331. The number of halogens is 1. The maximum atomic E-state index is 12.8. The van der Waals surface area contributed by atoms with Crippen molar-refractivity contribution in [1.82, 2.24) is 0 Å². The Morgan fingerprint density at radius 2 is 2.00 bits per heavy atom. The minimum Gasteiger partial charge on any atom is -0.462 e. The van der Waals surface area contributed by atoms with Gasteiger partial charge < -0.3 is 9.47 Å². The molecule has 88 valence electrons. The third-order valence-electron chi connectivity index (χ3n) is 3.10. The highest BCUT2D eigenvalue weighted by atomic mass is 19.1. The van der Waals surface area contributed by atoms with Crippen LogP contribution in [-0.4, -0.2) is 19.2 Å². The van der Waals surface area contributed by atoms with Crippen molar-refractivity contribution in [3.63, 3.8) is 0 Å². The smallest absolute Gasteiger partial charge is 0.337 e. The molecule has 0 amide bonds. The van der Waals surface area contributed by atoms with Crippen molar-refractivity contribution < 1.29 is 18.7 Å². The Labute approximate surface area is 97.8 Å². The number of cyclic esters (lactones) is 1.